The number of aliphatic imine (C=N–C) groups is 1. The molecule has 6 nitrogen and oxygen atoms in total. The standard InChI is InChI=1S/C13H20N4O2/c1-4-6-9-7-5-8-10(19-3)11(9)16-13(18)17-12(14)15-2/h5,7-8H,4,6H2,1-3H3,(H4,14,15,16,17,18). The van der Waals surface area contributed by atoms with Crippen LogP contribution in [0.4, 0.5) is 10.5 Å². The van der Waals surface area contributed by atoms with Crippen LogP contribution < -0.4 is 21.1 Å². The van der Waals surface area contributed by atoms with Crippen LogP contribution in [0.3, 0.4) is 0 Å². The second-order valence-electron chi connectivity index (χ2n) is 3.93. The van der Waals surface area contributed by atoms with Crippen molar-refractivity contribution in [3.8, 4) is 5.75 Å². The maximum atomic E-state index is 11.8. The Morgan fingerprint density at radius 3 is 2.79 bits per heavy atom. The number of urea groups is 1. The smallest absolute Gasteiger partial charge is 0.326 e. The van der Waals surface area contributed by atoms with Crippen molar-refractivity contribution in [3.63, 3.8) is 0 Å². The quantitative estimate of drug-likeness (QED) is 0.571. The van der Waals surface area contributed by atoms with E-state index in [1.807, 2.05) is 12.1 Å². The molecule has 0 saturated carbocycles. The lowest BCUT2D eigenvalue weighted by atomic mass is 10.1. The monoisotopic (exact) mass is 264 g/mol. The molecule has 1 rings (SSSR count). The van der Waals surface area contributed by atoms with Crippen molar-refractivity contribution in [2.45, 2.75) is 19.8 Å². The Kier molecular flexibility index (Phi) is 5.66. The number of aryl methyl sites for hydroxylation is 1. The maximum absolute atomic E-state index is 11.8. The summed E-state index contributed by atoms with van der Waals surface area (Å²) in [5.74, 6) is 0.678. The highest BCUT2D eigenvalue weighted by Gasteiger charge is 2.12. The average molecular weight is 264 g/mol. The third-order valence-corrected chi connectivity index (χ3v) is 2.57. The predicted molar refractivity (Wildman–Crippen MR) is 76.7 cm³/mol. The minimum absolute atomic E-state index is 0.0597. The van der Waals surface area contributed by atoms with Crippen LogP contribution in [0.5, 0.6) is 5.75 Å². The van der Waals surface area contributed by atoms with E-state index in [1.165, 1.54) is 7.05 Å². The van der Waals surface area contributed by atoms with Crippen LogP contribution in [0, 0.1) is 0 Å². The van der Waals surface area contributed by atoms with Crippen molar-refractivity contribution in [3.05, 3.63) is 23.8 Å². The summed E-state index contributed by atoms with van der Waals surface area (Å²) >= 11 is 0. The summed E-state index contributed by atoms with van der Waals surface area (Å²) in [6.07, 6.45) is 1.83. The van der Waals surface area contributed by atoms with E-state index in [-0.39, 0.29) is 5.96 Å². The minimum Gasteiger partial charge on any atom is -0.495 e. The first-order chi connectivity index (χ1) is 9.12. The number of benzene rings is 1. The largest absolute Gasteiger partial charge is 0.495 e. The molecule has 0 spiro atoms. The summed E-state index contributed by atoms with van der Waals surface area (Å²) in [6, 6.07) is 5.21. The number of nitrogens with two attached hydrogens (primary N) is 1. The lowest BCUT2D eigenvalue weighted by Crippen LogP contribution is -2.39. The number of hydrogen-bond acceptors (Lipinski definition) is 3. The van der Waals surface area contributed by atoms with Gasteiger partial charge in [0.1, 0.15) is 5.75 Å². The van der Waals surface area contributed by atoms with Crippen molar-refractivity contribution >= 4 is 17.7 Å². The molecule has 0 radical (unpaired) electrons. The van der Waals surface area contributed by atoms with Gasteiger partial charge >= 0.3 is 6.03 Å². The molecule has 0 aliphatic rings. The first-order valence-electron chi connectivity index (χ1n) is 6.08. The number of anilines is 1. The predicted octanol–water partition coefficient (Wildman–Crippen LogP) is 1.71. The Labute approximate surface area is 113 Å². The SMILES string of the molecule is CCCc1cccc(OC)c1NC(=O)NC(N)=NC. The molecule has 19 heavy (non-hydrogen) atoms. The topological polar surface area (TPSA) is 88.7 Å². The van der Waals surface area contributed by atoms with Crippen molar-refractivity contribution in [2.24, 2.45) is 10.7 Å². The number of nitrogens with one attached hydrogen (secondary N) is 2. The number of ether oxygens (including phenoxy) is 1. The highest BCUT2D eigenvalue weighted by molar-refractivity contribution is 6.02. The van der Waals surface area contributed by atoms with Gasteiger partial charge < -0.3 is 15.8 Å². The summed E-state index contributed by atoms with van der Waals surface area (Å²) in [6.45, 7) is 2.07. The highest BCUT2D eigenvalue weighted by atomic mass is 16.5. The van der Waals surface area contributed by atoms with E-state index in [1.54, 1.807) is 13.2 Å². The van der Waals surface area contributed by atoms with Gasteiger partial charge in [0.25, 0.3) is 0 Å². The Morgan fingerprint density at radius 1 is 1.47 bits per heavy atom. The summed E-state index contributed by atoms with van der Waals surface area (Å²) in [4.78, 5) is 15.4. The lowest BCUT2D eigenvalue weighted by Gasteiger charge is -2.14. The Morgan fingerprint density at radius 2 is 2.21 bits per heavy atom. The molecular weight excluding hydrogens is 244 g/mol. The number of rotatable bonds is 4. The van der Waals surface area contributed by atoms with E-state index in [0.717, 1.165) is 18.4 Å². The van der Waals surface area contributed by atoms with Gasteiger partial charge in [-0.2, -0.15) is 0 Å². The number of amides is 2. The molecule has 0 bridgehead atoms. The summed E-state index contributed by atoms with van der Waals surface area (Å²) < 4.78 is 5.26. The summed E-state index contributed by atoms with van der Waals surface area (Å²) in [5, 5.41) is 5.17. The molecule has 4 N–H and O–H groups in total. The summed E-state index contributed by atoms with van der Waals surface area (Å²) in [7, 11) is 3.07. The van der Waals surface area contributed by atoms with E-state index in [4.69, 9.17) is 10.5 Å². The average Bonchev–Trinajstić information content (AvgIpc) is 2.40. The summed E-state index contributed by atoms with van der Waals surface area (Å²) in [5.41, 5.74) is 7.12. The number of para-hydroxylation sites is 1. The van der Waals surface area contributed by atoms with Gasteiger partial charge in [-0.3, -0.25) is 10.3 Å². The first-order valence-corrected chi connectivity index (χ1v) is 6.08. The number of carbonyl (C=O) groups excluding carboxylic acids is 1. The molecular formula is C13H20N4O2. The third-order valence-electron chi connectivity index (χ3n) is 2.57. The van der Waals surface area contributed by atoms with Gasteiger partial charge in [0.15, 0.2) is 5.96 Å². The van der Waals surface area contributed by atoms with Crippen LogP contribution in [0.25, 0.3) is 0 Å². The van der Waals surface area contributed by atoms with E-state index in [9.17, 15) is 4.79 Å². The van der Waals surface area contributed by atoms with E-state index >= 15 is 0 Å². The number of guanidine groups is 1. The normalized spacial score (nSPS) is 11.0. The van der Waals surface area contributed by atoms with Crippen LogP contribution in [0.15, 0.2) is 23.2 Å². The molecule has 0 aromatic heterocycles. The molecule has 0 fully saturated rings. The number of carbonyl (C=O) groups is 1. The van der Waals surface area contributed by atoms with Gasteiger partial charge in [-0.15, -0.1) is 0 Å². The highest BCUT2D eigenvalue weighted by Crippen LogP contribution is 2.29. The molecule has 0 saturated heterocycles. The van der Waals surface area contributed by atoms with Gasteiger partial charge in [-0.05, 0) is 18.1 Å². The Bertz CT molecular complexity index is 472. The Hall–Kier alpha value is -2.24. The first kappa shape index (κ1) is 14.8. The fourth-order valence-electron chi connectivity index (χ4n) is 1.68. The molecule has 1 aromatic carbocycles. The van der Waals surface area contributed by atoms with Gasteiger partial charge in [0.05, 0.1) is 12.8 Å². The molecule has 0 atom stereocenters. The van der Waals surface area contributed by atoms with E-state index in [0.29, 0.717) is 11.4 Å². The van der Waals surface area contributed by atoms with Gasteiger partial charge in [-0.25, -0.2) is 4.79 Å². The second kappa shape index (κ2) is 7.25. The van der Waals surface area contributed by atoms with Crippen LogP contribution in [-0.2, 0) is 6.42 Å². The lowest BCUT2D eigenvalue weighted by molar-refractivity contribution is 0.256. The number of methoxy groups -OCH3 is 1. The fraction of sp³-hybridized carbons (Fsp3) is 0.385. The zero-order valence-corrected chi connectivity index (χ0v) is 11.5. The zero-order valence-electron chi connectivity index (χ0n) is 11.5. The Balaban J connectivity index is 2.94. The van der Waals surface area contributed by atoms with Crippen molar-refractivity contribution < 1.29 is 9.53 Å². The molecule has 0 unspecified atom stereocenters. The van der Waals surface area contributed by atoms with E-state index in [2.05, 4.69) is 22.5 Å². The van der Waals surface area contributed by atoms with Crippen molar-refractivity contribution in [1.82, 2.24) is 5.32 Å². The second-order valence-corrected chi connectivity index (χ2v) is 3.93. The van der Waals surface area contributed by atoms with Crippen LogP contribution >= 0.6 is 0 Å². The molecule has 0 heterocycles. The van der Waals surface area contributed by atoms with Crippen molar-refractivity contribution in [1.29, 1.82) is 0 Å². The van der Waals surface area contributed by atoms with Gasteiger partial charge in [0.2, 0.25) is 0 Å². The number of nitrogens with zero attached hydrogens (tertiary/aromatic N) is 1. The molecule has 1 aromatic rings. The van der Waals surface area contributed by atoms with Crippen LogP contribution in [-0.4, -0.2) is 26.1 Å². The van der Waals surface area contributed by atoms with Gasteiger partial charge in [0, 0.05) is 7.05 Å². The van der Waals surface area contributed by atoms with Gasteiger partial charge in [-0.1, -0.05) is 25.5 Å². The van der Waals surface area contributed by atoms with Crippen LogP contribution in [0.2, 0.25) is 0 Å². The maximum Gasteiger partial charge on any atom is 0.326 e. The molecule has 0 aliphatic carbocycles. The third kappa shape index (κ3) is 4.17. The minimum atomic E-state index is -0.440. The van der Waals surface area contributed by atoms with E-state index < -0.39 is 6.03 Å². The molecule has 6 heteroatoms. The molecule has 0 aliphatic heterocycles. The fourth-order valence-corrected chi connectivity index (χ4v) is 1.68. The van der Waals surface area contributed by atoms with Crippen LogP contribution in [0.1, 0.15) is 18.9 Å². The van der Waals surface area contributed by atoms with Crippen molar-refractivity contribution in [2.75, 3.05) is 19.5 Å². The molecule has 104 valence electrons. The number of hydrogen-bond donors (Lipinski definition) is 3. The zero-order chi connectivity index (χ0) is 14.3. The molecule has 2 amide bonds.